The van der Waals surface area contributed by atoms with Crippen LogP contribution in [0.3, 0.4) is 0 Å². The molecule has 0 saturated carbocycles. The molecule has 4 atom stereocenters. The minimum Gasteiger partial charge on any atom is -0.394 e. The fourth-order valence-electron chi connectivity index (χ4n) is 5.76. The second kappa shape index (κ2) is 18.6. The summed E-state index contributed by atoms with van der Waals surface area (Å²) in [5.41, 5.74) is -0.966. The summed E-state index contributed by atoms with van der Waals surface area (Å²) in [6, 6.07) is 19.2. The maximum Gasteiger partial charge on any atom is 0.122 e. The van der Waals surface area contributed by atoms with Crippen molar-refractivity contribution in [2.24, 2.45) is 0 Å². The second-order valence-corrected chi connectivity index (χ2v) is 11.0. The Balaban J connectivity index is 2.53. The quantitative estimate of drug-likeness (QED) is 0.120. The fourth-order valence-corrected chi connectivity index (χ4v) is 5.76. The molecule has 2 aromatic carbocycles. The van der Waals surface area contributed by atoms with Crippen LogP contribution in [0.5, 0.6) is 0 Å². The van der Waals surface area contributed by atoms with E-state index in [4.69, 9.17) is 4.74 Å². The van der Waals surface area contributed by atoms with Crippen LogP contribution in [0, 0.1) is 0 Å². The predicted molar refractivity (Wildman–Crippen MR) is 159 cm³/mol. The van der Waals surface area contributed by atoms with Crippen molar-refractivity contribution in [3.63, 3.8) is 0 Å². The van der Waals surface area contributed by atoms with E-state index in [2.05, 4.69) is 13.8 Å². The number of unbranched alkanes of at least 4 members (excludes halogenated alkanes) is 10. The van der Waals surface area contributed by atoms with E-state index in [1.54, 1.807) is 0 Å². The summed E-state index contributed by atoms with van der Waals surface area (Å²) < 4.78 is 7.14. The predicted octanol–water partition coefficient (Wildman–Crippen LogP) is 7.00. The molecule has 2 aromatic rings. The van der Waals surface area contributed by atoms with Gasteiger partial charge < -0.3 is 25.2 Å². The van der Waals surface area contributed by atoms with E-state index in [0.29, 0.717) is 12.8 Å². The highest BCUT2D eigenvalue weighted by Gasteiger charge is 2.51. The third-order valence-corrected chi connectivity index (χ3v) is 8.11. The van der Waals surface area contributed by atoms with Gasteiger partial charge in [-0.3, -0.25) is 0 Å². The number of rotatable bonds is 22. The minimum absolute atomic E-state index is 0.470. The molecule has 0 bridgehead atoms. The van der Waals surface area contributed by atoms with Crippen LogP contribution in [0.25, 0.3) is 0 Å². The van der Waals surface area contributed by atoms with Crippen LogP contribution in [-0.2, 0) is 15.9 Å². The molecule has 0 aromatic heterocycles. The summed E-state index contributed by atoms with van der Waals surface area (Å²) in [7, 11) is 0. The van der Waals surface area contributed by atoms with E-state index < -0.39 is 36.6 Å². The summed E-state index contributed by atoms with van der Waals surface area (Å²) in [6.07, 6.45) is 11.5. The first-order chi connectivity index (χ1) is 19.0. The zero-order chi connectivity index (χ0) is 28.4. The Bertz CT molecular complexity index is 789. The molecule has 0 aliphatic carbocycles. The lowest BCUT2D eigenvalue weighted by atomic mass is 9.78. The number of ether oxygens (including phenoxy) is 1. The van der Waals surface area contributed by atoms with Crippen LogP contribution in [0.15, 0.2) is 60.7 Å². The van der Waals surface area contributed by atoms with E-state index in [-0.39, 0.29) is 0 Å². The Labute approximate surface area is 237 Å². The van der Waals surface area contributed by atoms with Crippen molar-refractivity contribution in [2.45, 2.75) is 127 Å². The van der Waals surface area contributed by atoms with E-state index in [1.807, 2.05) is 60.7 Å². The van der Waals surface area contributed by atoms with Crippen molar-refractivity contribution in [3.8, 4) is 0 Å². The van der Waals surface area contributed by atoms with Crippen LogP contribution in [0.1, 0.15) is 115 Å². The smallest absolute Gasteiger partial charge is 0.122 e. The first kappa shape index (κ1) is 33.4. The molecule has 0 spiro atoms. The van der Waals surface area contributed by atoms with Crippen LogP contribution in [0.4, 0.5) is 0 Å². The molecular formula is C34H54O5. The summed E-state index contributed by atoms with van der Waals surface area (Å²) in [6.45, 7) is 3.46. The highest BCUT2D eigenvalue weighted by molar-refractivity contribution is 5.29. The van der Waals surface area contributed by atoms with Gasteiger partial charge in [-0.15, -0.1) is 0 Å². The fraction of sp³-hybridized carbons (Fsp3) is 0.647. The summed E-state index contributed by atoms with van der Waals surface area (Å²) in [5.74, 6) is 0. The van der Waals surface area contributed by atoms with Gasteiger partial charge in [0, 0.05) is 0 Å². The lowest BCUT2D eigenvalue weighted by Gasteiger charge is -2.48. The summed E-state index contributed by atoms with van der Waals surface area (Å²) >= 11 is 0. The molecule has 0 amide bonds. The number of aliphatic hydroxyl groups is 4. The standard InChI is InChI=1S/C34H54O5/c1-3-5-7-9-11-19-25-33(31(37)27-35,29-21-15-13-16-22-29)39-34(32(38)28-36,30-23-17-14-18-24-30)26-20-12-10-8-6-4-2/h13-18,21-24,31-32,35-38H,3-12,19-20,25-28H2,1-2H3. The molecule has 0 saturated heterocycles. The molecule has 0 heterocycles. The highest BCUT2D eigenvalue weighted by Crippen LogP contribution is 2.46. The molecule has 4 N–H and O–H groups in total. The molecule has 5 nitrogen and oxygen atoms in total. The normalized spacial score (nSPS) is 16.4. The van der Waals surface area contributed by atoms with Gasteiger partial charge in [0.15, 0.2) is 0 Å². The van der Waals surface area contributed by atoms with Gasteiger partial charge in [0.1, 0.15) is 23.4 Å². The molecule has 0 aliphatic rings. The van der Waals surface area contributed by atoms with Crippen molar-refractivity contribution in [2.75, 3.05) is 13.2 Å². The van der Waals surface area contributed by atoms with Gasteiger partial charge >= 0.3 is 0 Å². The van der Waals surface area contributed by atoms with Crippen molar-refractivity contribution < 1.29 is 25.2 Å². The number of aliphatic hydroxyl groups excluding tert-OH is 4. The van der Waals surface area contributed by atoms with Crippen molar-refractivity contribution in [3.05, 3.63) is 71.8 Å². The monoisotopic (exact) mass is 542 g/mol. The van der Waals surface area contributed by atoms with E-state index >= 15 is 0 Å². The largest absolute Gasteiger partial charge is 0.394 e. The number of hydrogen-bond donors (Lipinski definition) is 4. The molecular weight excluding hydrogens is 488 g/mol. The van der Waals surface area contributed by atoms with Crippen LogP contribution in [0.2, 0.25) is 0 Å². The van der Waals surface area contributed by atoms with Crippen molar-refractivity contribution >= 4 is 0 Å². The zero-order valence-electron chi connectivity index (χ0n) is 24.4. The minimum atomic E-state index is -1.25. The maximum absolute atomic E-state index is 11.5. The molecule has 5 heteroatoms. The Morgan fingerprint density at radius 3 is 1.21 bits per heavy atom. The second-order valence-electron chi connectivity index (χ2n) is 11.0. The average Bonchev–Trinajstić information content (AvgIpc) is 2.99. The topological polar surface area (TPSA) is 90.2 Å². The van der Waals surface area contributed by atoms with Crippen LogP contribution < -0.4 is 0 Å². The van der Waals surface area contributed by atoms with Gasteiger partial charge in [-0.05, 0) is 24.0 Å². The average molecular weight is 543 g/mol. The third-order valence-electron chi connectivity index (χ3n) is 8.11. The van der Waals surface area contributed by atoms with Gasteiger partial charge in [-0.1, -0.05) is 152 Å². The van der Waals surface area contributed by atoms with E-state index in [9.17, 15) is 20.4 Å². The third kappa shape index (κ3) is 9.68. The van der Waals surface area contributed by atoms with Crippen molar-refractivity contribution in [1.29, 1.82) is 0 Å². The number of hydrogen-bond acceptors (Lipinski definition) is 5. The molecule has 2 rings (SSSR count). The zero-order valence-corrected chi connectivity index (χ0v) is 24.4. The van der Waals surface area contributed by atoms with Crippen LogP contribution >= 0.6 is 0 Å². The Morgan fingerprint density at radius 1 is 0.538 bits per heavy atom. The van der Waals surface area contributed by atoms with Crippen molar-refractivity contribution in [1.82, 2.24) is 0 Å². The molecule has 39 heavy (non-hydrogen) atoms. The van der Waals surface area contributed by atoms with E-state index in [1.165, 1.54) is 38.5 Å². The first-order valence-electron chi connectivity index (χ1n) is 15.4. The van der Waals surface area contributed by atoms with Gasteiger partial charge in [0.25, 0.3) is 0 Å². The Hall–Kier alpha value is -1.76. The summed E-state index contributed by atoms with van der Waals surface area (Å²) in [5, 5.41) is 43.6. The molecule has 0 aliphatic heterocycles. The van der Waals surface area contributed by atoms with Gasteiger partial charge in [0.2, 0.25) is 0 Å². The van der Waals surface area contributed by atoms with E-state index in [0.717, 1.165) is 49.7 Å². The molecule has 0 radical (unpaired) electrons. The molecule has 220 valence electrons. The lowest BCUT2D eigenvalue weighted by Crippen LogP contribution is -2.55. The van der Waals surface area contributed by atoms with Gasteiger partial charge in [-0.25, -0.2) is 0 Å². The first-order valence-corrected chi connectivity index (χ1v) is 15.4. The lowest BCUT2D eigenvalue weighted by molar-refractivity contribution is -0.260. The number of benzene rings is 2. The molecule has 0 fully saturated rings. The molecule has 4 unspecified atom stereocenters. The Kier molecular flexibility index (Phi) is 15.9. The highest BCUT2D eigenvalue weighted by atomic mass is 16.6. The Morgan fingerprint density at radius 2 is 0.872 bits per heavy atom. The SMILES string of the molecule is CCCCCCCCC(OC(CCCCCCCC)(c1ccccc1)C(O)CO)(c1ccccc1)C(O)CO. The van der Waals surface area contributed by atoms with Gasteiger partial charge in [-0.2, -0.15) is 0 Å². The summed E-state index contributed by atoms with van der Waals surface area (Å²) in [4.78, 5) is 0. The maximum atomic E-state index is 11.5. The van der Waals surface area contributed by atoms with Gasteiger partial charge in [0.05, 0.1) is 13.2 Å². The van der Waals surface area contributed by atoms with Crippen LogP contribution in [-0.4, -0.2) is 45.8 Å².